The van der Waals surface area contributed by atoms with Crippen LogP contribution in [0.15, 0.2) is 48.3 Å². The van der Waals surface area contributed by atoms with Gasteiger partial charge >= 0.3 is 18.1 Å². The summed E-state index contributed by atoms with van der Waals surface area (Å²) in [6.07, 6.45) is -0.605. The average Bonchev–Trinajstić information content (AvgIpc) is 2.78. The zero-order chi connectivity index (χ0) is 24.9. The van der Waals surface area contributed by atoms with E-state index < -0.39 is 41.8 Å². The number of benzene rings is 1. The highest BCUT2D eigenvalue weighted by atomic mass is 19.4. The number of alkyl halides is 3. The van der Waals surface area contributed by atoms with Crippen LogP contribution in [0.4, 0.5) is 13.2 Å². The van der Waals surface area contributed by atoms with Crippen LogP contribution in [0.1, 0.15) is 18.1 Å². The lowest BCUT2D eigenvalue weighted by Crippen LogP contribution is -2.31. The number of ether oxygens (including phenoxy) is 4. The van der Waals surface area contributed by atoms with Crippen molar-refractivity contribution in [2.45, 2.75) is 25.3 Å². The molecule has 2 aliphatic rings. The Morgan fingerprint density at radius 2 is 1.97 bits per heavy atom. The molecule has 8 nitrogen and oxygen atoms in total. The van der Waals surface area contributed by atoms with E-state index in [1.807, 2.05) is 0 Å². The lowest BCUT2D eigenvalue weighted by atomic mass is 9.88. The van der Waals surface area contributed by atoms with E-state index in [-0.39, 0.29) is 49.1 Å². The minimum atomic E-state index is -4.76. The number of rotatable bonds is 9. The second-order valence-electron chi connectivity index (χ2n) is 7.50. The molecular weight excluding hydrogens is 461 g/mol. The third-order valence-corrected chi connectivity index (χ3v) is 4.88. The third kappa shape index (κ3) is 6.39. The highest BCUT2D eigenvalue weighted by Gasteiger charge is 2.39. The highest BCUT2D eigenvalue weighted by Crippen LogP contribution is 2.40. The number of aliphatic hydroxyl groups excluding tert-OH is 2. The van der Waals surface area contributed by atoms with Crippen molar-refractivity contribution in [2.75, 3.05) is 26.4 Å². The molecule has 0 radical (unpaired) electrons. The van der Waals surface area contributed by atoms with Crippen molar-refractivity contribution in [3.05, 3.63) is 59.4 Å². The fourth-order valence-corrected chi connectivity index (χ4v) is 3.35. The van der Waals surface area contributed by atoms with E-state index in [1.165, 1.54) is 25.1 Å². The molecular formula is C23H23F3O8. The molecule has 0 spiro atoms. The molecule has 3 rings (SSSR count). The summed E-state index contributed by atoms with van der Waals surface area (Å²) in [6.45, 7) is 0.241. The molecule has 3 atom stereocenters. The molecule has 3 unspecified atom stereocenters. The van der Waals surface area contributed by atoms with Crippen LogP contribution in [-0.4, -0.2) is 60.8 Å². The number of allylic oxidation sites excluding steroid dienone is 1. The van der Waals surface area contributed by atoms with E-state index in [2.05, 4.69) is 4.74 Å². The van der Waals surface area contributed by atoms with Gasteiger partial charge in [0.05, 0.1) is 17.7 Å². The van der Waals surface area contributed by atoms with Crippen molar-refractivity contribution in [2.24, 2.45) is 5.92 Å². The number of halogens is 3. The fraction of sp³-hybridized carbons (Fsp3) is 0.391. The molecule has 0 amide bonds. The van der Waals surface area contributed by atoms with E-state index in [0.29, 0.717) is 0 Å². The molecule has 1 aromatic carbocycles. The minimum Gasteiger partial charge on any atom is -0.491 e. The van der Waals surface area contributed by atoms with Crippen molar-refractivity contribution in [1.29, 1.82) is 0 Å². The number of hydrogen-bond acceptors (Lipinski definition) is 8. The zero-order valence-electron chi connectivity index (χ0n) is 18.1. The van der Waals surface area contributed by atoms with E-state index in [4.69, 9.17) is 19.3 Å². The summed E-state index contributed by atoms with van der Waals surface area (Å²) < 4.78 is 61.6. The zero-order valence-corrected chi connectivity index (χ0v) is 18.1. The van der Waals surface area contributed by atoms with Crippen LogP contribution < -0.4 is 4.74 Å². The first kappa shape index (κ1) is 25.3. The van der Waals surface area contributed by atoms with Gasteiger partial charge in [-0.1, -0.05) is 12.2 Å². The van der Waals surface area contributed by atoms with Crippen molar-refractivity contribution < 1.29 is 51.9 Å². The molecule has 2 N–H and O–H groups in total. The predicted octanol–water partition coefficient (Wildman–Crippen LogP) is 2.40. The second kappa shape index (κ2) is 10.7. The van der Waals surface area contributed by atoms with E-state index >= 15 is 0 Å². The van der Waals surface area contributed by atoms with Crippen molar-refractivity contribution in [1.82, 2.24) is 0 Å². The number of fused-ring (bicyclic) bond motifs is 1. The molecule has 1 heterocycles. The quantitative estimate of drug-likeness (QED) is 0.514. The molecule has 11 heteroatoms. The first-order valence-electron chi connectivity index (χ1n) is 10.3. The minimum absolute atomic E-state index is 0.0917. The van der Waals surface area contributed by atoms with Crippen LogP contribution in [0.3, 0.4) is 0 Å². The molecule has 0 saturated carbocycles. The maximum Gasteiger partial charge on any atom is 0.417 e. The maximum absolute atomic E-state index is 13.7. The molecule has 0 saturated heterocycles. The van der Waals surface area contributed by atoms with Crippen LogP contribution in [0.25, 0.3) is 5.57 Å². The van der Waals surface area contributed by atoms with E-state index in [1.54, 1.807) is 12.2 Å². The van der Waals surface area contributed by atoms with Gasteiger partial charge in [0.2, 0.25) is 0 Å². The standard InChI is InChI=1S/C23H23F3O8/c1-13(28)32-11-15(29)12-33-17-3-2-14-8-19(22(30)34-21(14)10-17)18-5-4-16(31-7-6-27)9-20(18)23(24,25)26/h2-5,8-10,14-15,21,27,29H,6-7,11-12H2,1H3. The van der Waals surface area contributed by atoms with Gasteiger partial charge in [0.1, 0.15) is 43.5 Å². The molecule has 1 aliphatic carbocycles. The Balaban J connectivity index is 1.77. The summed E-state index contributed by atoms with van der Waals surface area (Å²) >= 11 is 0. The molecule has 184 valence electrons. The summed E-state index contributed by atoms with van der Waals surface area (Å²) in [4.78, 5) is 23.4. The first-order valence-corrected chi connectivity index (χ1v) is 10.3. The molecule has 34 heavy (non-hydrogen) atoms. The summed E-state index contributed by atoms with van der Waals surface area (Å²) in [5.74, 6) is -1.81. The fourth-order valence-electron chi connectivity index (χ4n) is 3.35. The Labute approximate surface area is 192 Å². The Morgan fingerprint density at radius 1 is 1.21 bits per heavy atom. The highest BCUT2D eigenvalue weighted by molar-refractivity contribution is 6.17. The first-order chi connectivity index (χ1) is 16.1. The third-order valence-electron chi connectivity index (χ3n) is 4.88. The smallest absolute Gasteiger partial charge is 0.417 e. The topological polar surface area (TPSA) is 112 Å². The summed E-state index contributed by atoms with van der Waals surface area (Å²) in [6, 6.07) is 3.18. The van der Waals surface area contributed by atoms with Crippen LogP contribution in [0.2, 0.25) is 0 Å². The molecule has 0 bridgehead atoms. The van der Waals surface area contributed by atoms with Gasteiger partial charge < -0.3 is 29.2 Å². The van der Waals surface area contributed by atoms with Crippen molar-refractivity contribution >= 4 is 17.5 Å². The average molecular weight is 484 g/mol. The van der Waals surface area contributed by atoms with Gasteiger partial charge in [-0.2, -0.15) is 13.2 Å². The van der Waals surface area contributed by atoms with Crippen LogP contribution in [-0.2, 0) is 30.0 Å². The molecule has 1 aliphatic heterocycles. The Hall–Kier alpha value is -3.31. The van der Waals surface area contributed by atoms with Gasteiger partial charge in [0.15, 0.2) is 0 Å². The van der Waals surface area contributed by atoms with E-state index in [0.717, 1.165) is 12.1 Å². The number of hydrogen-bond donors (Lipinski definition) is 2. The normalized spacial score (nSPS) is 20.5. The van der Waals surface area contributed by atoms with Gasteiger partial charge in [0.25, 0.3) is 0 Å². The second-order valence-corrected chi connectivity index (χ2v) is 7.50. The van der Waals surface area contributed by atoms with Crippen LogP contribution >= 0.6 is 0 Å². The van der Waals surface area contributed by atoms with Gasteiger partial charge in [-0.3, -0.25) is 4.79 Å². The monoisotopic (exact) mass is 484 g/mol. The maximum atomic E-state index is 13.7. The summed E-state index contributed by atoms with van der Waals surface area (Å²) in [7, 11) is 0. The Kier molecular flexibility index (Phi) is 8.00. The Morgan fingerprint density at radius 3 is 2.65 bits per heavy atom. The van der Waals surface area contributed by atoms with Crippen molar-refractivity contribution in [3.8, 4) is 5.75 Å². The van der Waals surface area contributed by atoms with Crippen LogP contribution in [0, 0.1) is 5.92 Å². The summed E-state index contributed by atoms with van der Waals surface area (Å²) in [5, 5.41) is 18.6. The predicted molar refractivity (Wildman–Crippen MR) is 111 cm³/mol. The van der Waals surface area contributed by atoms with Gasteiger partial charge in [-0.25, -0.2) is 4.79 Å². The number of esters is 2. The lowest BCUT2D eigenvalue weighted by Gasteiger charge is -2.30. The van der Waals surface area contributed by atoms with Gasteiger partial charge in [-0.05, 0) is 30.4 Å². The molecule has 0 aromatic heterocycles. The molecule has 1 aromatic rings. The van der Waals surface area contributed by atoms with E-state index in [9.17, 15) is 27.9 Å². The van der Waals surface area contributed by atoms with Crippen molar-refractivity contribution in [3.63, 3.8) is 0 Å². The number of carbonyl (C=O) groups is 2. The SMILES string of the molecule is CC(=O)OCC(O)COC1=CC2OC(=O)C(c3ccc(OCCO)cc3C(F)(F)F)=CC2C=C1. The Bertz CT molecular complexity index is 1010. The van der Waals surface area contributed by atoms with Crippen LogP contribution in [0.5, 0.6) is 5.75 Å². The van der Waals surface area contributed by atoms with Gasteiger partial charge in [0, 0.05) is 18.4 Å². The largest absolute Gasteiger partial charge is 0.491 e. The number of carbonyl (C=O) groups excluding carboxylic acids is 2. The summed E-state index contributed by atoms with van der Waals surface area (Å²) in [5.41, 5.74) is -1.65. The lowest BCUT2D eigenvalue weighted by molar-refractivity contribution is -0.144. The number of aliphatic hydroxyl groups is 2. The van der Waals surface area contributed by atoms with Gasteiger partial charge in [-0.15, -0.1) is 0 Å². The molecule has 0 fully saturated rings.